The third-order valence-corrected chi connectivity index (χ3v) is 2.33. The van der Waals surface area contributed by atoms with E-state index in [9.17, 15) is 4.79 Å². The number of ether oxygens (including phenoxy) is 1. The summed E-state index contributed by atoms with van der Waals surface area (Å²) in [5.74, 6) is -0.467. The zero-order valence-electron chi connectivity index (χ0n) is 9.53. The molecule has 0 bridgehead atoms. The van der Waals surface area contributed by atoms with Crippen LogP contribution in [0, 0.1) is 0 Å². The molecule has 0 aliphatic heterocycles. The Hall–Kier alpha value is -1.55. The quantitative estimate of drug-likeness (QED) is 0.567. The molecule has 0 saturated carbocycles. The van der Waals surface area contributed by atoms with Crippen LogP contribution in [0.2, 0.25) is 0 Å². The molecule has 0 fully saturated rings. The van der Waals surface area contributed by atoms with Crippen LogP contribution < -0.4 is 11.5 Å². The molecule has 0 aliphatic rings. The SMILES string of the molecule is CCCCOCc1ccc(C(N)=O)cc1N. The Bertz CT molecular complexity index is 364. The summed E-state index contributed by atoms with van der Waals surface area (Å²) in [6.07, 6.45) is 2.15. The predicted octanol–water partition coefficient (Wildman–Crippen LogP) is 1.68. The molecule has 4 nitrogen and oxygen atoms in total. The van der Waals surface area contributed by atoms with Gasteiger partial charge in [-0.25, -0.2) is 0 Å². The number of unbranched alkanes of at least 4 members (excludes halogenated alkanes) is 1. The maximum absolute atomic E-state index is 10.9. The lowest BCUT2D eigenvalue weighted by atomic mass is 10.1. The van der Waals surface area contributed by atoms with Crippen LogP contribution in [0.3, 0.4) is 0 Å². The molecule has 1 rings (SSSR count). The van der Waals surface area contributed by atoms with Gasteiger partial charge >= 0.3 is 0 Å². The zero-order chi connectivity index (χ0) is 12.0. The van der Waals surface area contributed by atoms with Gasteiger partial charge in [0, 0.05) is 23.4 Å². The molecule has 0 spiro atoms. The molecule has 0 heterocycles. The summed E-state index contributed by atoms with van der Waals surface area (Å²) < 4.78 is 5.45. The summed E-state index contributed by atoms with van der Waals surface area (Å²) in [7, 11) is 0. The molecule has 0 atom stereocenters. The van der Waals surface area contributed by atoms with Crippen LogP contribution in [-0.2, 0) is 11.3 Å². The second-order valence-corrected chi connectivity index (χ2v) is 3.68. The van der Waals surface area contributed by atoms with Crippen molar-refractivity contribution in [1.82, 2.24) is 0 Å². The molecule has 4 heteroatoms. The molecular weight excluding hydrogens is 204 g/mol. The first kappa shape index (κ1) is 12.5. The smallest absolute Gasteiger partial charge is 0.248 e. The second kappa shape index (κ2) is 6.12. The van der Waals surface area contributed by atoms with Crippen LogP contribution >= 0.6 is 0 Å². The van der Waals surface area contributed by atoms with E-state index in [1.807, 2.05) is 0 Å². The lowest BCUT2D eigenvalue weighted by Gasteiger charge is -2.07. The summed E-state index contributed by atoms with van der Waals surface area (Å²) in [4.78, 5) is 10.9. The molecule has 1 amide bonds. The lowest BCUT2D eigenvalue weighted by Crippen LogP contribution is -2.11. The minimum absolute atomic E-state index is 0.426. The summed E-state index contributed by atoms with van der Waals surface area (Å²) in [5, 5.41) is 0. The highest BCUT2D eigenvalue weighted by molar-refractivity contribution is 5.93. The van der Waals surface area contributed by atoms with Crippen LogP contribution in [0.25, 0.3) is 0 Å². The van der Waals surface area contributed by atoms with E-state index in [4.69, 9.17) is 16.2 Å². The van der Waals surface area contributed by atoms with Crippen LogP contribution in [0.1, 0.15) is 35.7 Å². The largest absolute Gasteiger partial charge is 0.398 e. The van der Waals surface area contributed by atoms with Gasteiger partial charge in [0.25, 0.3) is 0 Å². The van der Waals surface area contributed by atoms with Crippen molar-refractivity contribution in [2.45, 2.75) is 26.4 Å². The molecule has 0 aliphatic carbocycles. The van der Waals surface area contributed by atoms with E-state index in [1.54, 1.807) is 18.2 Å². The summed E-state index contributed by atoms with van der Waals surface area (Å²) in [5.41, 5.74) is 12.8. The van der Waals surface area contributed by atoms with Gasteiger partial charge in [-0.1, -0.05) is 19.4 Å². The van der Waals surface area contributed by atoms with E-state index in [2.05, 4.69) is 6.92 Å². The second-order valence-electron chi connectivity index (χ2n) is 3.68. The van der Waals surface area contributed by atoms with Gasteiger partial charge in [-0.05, 0) is 18.6 Å². The van der Waals surface area contributed by atoms with Crippen molar-refractivity contribution in [3.8, 4) is 0 Å². The van der Waals surface area contributed by atoms with Crippen molar-refractivity contribution < 1.29 is 9.53 Å². The van der Waals surface area contributed by atoms with Gasteiger partial charge in [-0.2, -0.15) is 0 Å². The van der Waals surface area contributed by atoms with E-state index in [1.165, 1.54) is 0 Å². The average molecular weight is 222 g/mol. The summed E-state index contributed by atoms with van der Waals surface area (Å²) in [6, 6.07) is 5.03. The van der Waals surface area contributed by atoms with Crippen molar-refractivity contribution in [2.75, 3.05) is 12.3 Å². The minimum Gasteiger partial charge on any atom is -0.398 e. The Morgan fingerprint density at radius 1 is 1.44 bits per heavy atom. The monoisotopic (exact) mass is 222 g/mol. The Balaban J connectivity index is 2.57. The molecule has 0 saturated heterocycles. The van der Waals surface area contributed by atoms with Crippen LogP contribution in [0.5, 0.6) is 0 Å². The summed E-state index contributed by atoms with van der Waals surface area (Å²) >= 11 is 0. The Morgan fingerprint density at radius 3 is 2.75 bits per heavy atom. The molecule has 1 aromatic carbocycles. The van der Waals surface area contributed by atoms with Crippen molar-refractivity contribution in [3.05, 3.63) is 29.3 Å². The third kappa shape index (κ3) is 3.55. The van der Waals surface area contributed by atoms with Crippen LogP contribution in [0.4, 0.5) is 5.69 Å². The first-order valence-electron chi connectivity index (χ1n) is 5.41. The number of anilines is 1. The Kier molecular flexibility index (Phi) is 4.79. The molecule has 16 heavy (non-hydrogen) atoms. The van der Waals surface area contributed by atoms with Gasteiger partial charge < -0.3 is 16.2 Å². The first-order chi connectivity index (χ1) is 7.65. The fourth-order valence-corrected chi connectivity index (χ4v) is 1.31. The topological polar surface area (TPSA) is 78.3 Å². The highest BCUT2D eigenvalue weighted by Crippen LogP contribution is 2.15. The number of hydrogen-bond donors (Lipinski definition) is 2. The number of amides is 1. The number of primary amides is 1. The van der Waals surface area contributed by atoms with Crippen LogP contribution in [0.15, 0.2) is 18.2 Å². The normalized spacial score (nSPS) is 10.3. The van der Waals surface area contributed by atoms with E-state index in [0.717, 1.165) is 25.0 Å². The number of hydrogen-bond acceptors (Lipinski definition) is 3. The maximum Gasteiger partial charge on any atom is 0.248 e. The standard InChI is InChI=1S/C12H18N2O2/c1-2-3-6-16-8-10-5-4-9(12(14)15)7-11(10)13/h4-5,7H,2-3,6,8,13H2,1H3,(H2,14,15). The van der Waals surface area contributed by atoms with Gasteiger partial charge in [0.05, 0.1) is 6.61 Å². The number of carbonyl (C=O) groups excluding carboxylic acids is 1. The van der Waals surface area contributed by atoms with E-state index in [0.29, 0.717) is 17.9 Å². The third-order valence-electron chi connectivity index (χ3n) is 2.33. The van der Waals surface area contributed by atoms with Crippen LogP contribution in [-0.4, -0.2) is 12.5 Å². The Morgan fingerprint density at radius 2 is 2.19 bits per heavy atom. The first-order valence-corrected chi connectivity index (χ1v) is 5.41. The number of nitrogens with two attached hydrogens (primary N) is 2. The Labute approximate surface area is 95.6 Å². The molecule has 0 unspecified atom stereocenters. The molecule has 88 valence electrons. The average Bonchev–Trinajstić information content (AvgIpc) is 2.26. The van der Waals surface area contributed by atoms with Crippen molar-refractivity contribution in [2.24, 2.45) is 5.73 Å². The lowest BCUT2D eigenvalue weighted by molar-refractivity contribution is 0.1000. The van der Waals surface area contributed by atoms with Gasteiger partial charge in [-0.3, -0.25) is 4.79 Å². The zero-order valence-corrected chi connectivity index (χ0v) is 9.53. The van der Waals surface area contributed by atoms with Gasteiger partial charge in [0.1, 0.15) is 0 Å². The molecule has 0 aromatic heterocycles. The molecule has 4 N–H and O–H groups in total. The fraction of sp³-hybridized carbons (Fsp3) is 0.417. The van der Waals surface area contributed by atoms with Crippen molar-refractivity contribution in [3.63, 3.8) is 0 Å². The fourth-order valence-electron chi connectivity index (χ4n) is 1.31. The predicted molar refractivity (Wildman–Crippen MR) is 63.9 cm³/mol. The minimum atomic E-state index is -0.467. The molecule has 1 aromatic rings. The summed E-state index contributed by atoms with van der Waals surface area (Å²) in [6.45, 7) is 3.32. The number of nitrogen functional groups attached to an aromatic ring is 1. The highest BCUT2D eigenvalue weighted by Gasteiger charge is 2.04. The van der Waals surface area contributed by atoms with Gasteiger partial charge in [0.2, 0.25) is 5.91 Å². The number of carbonyl (C=O) groups is 1. The van der Waals surface area contributed by atoms with Crippen molar-refractivity contribution >= 4 is 11.6 Å². The maximum atomic E-state index is 10.9. The van der Waals surface area contributed by atoms with Gasteiger partial charge in [-0.15, -0.1) is 0 Å². The van der Waals surface area contributed by atoms with E-state index in [-0.39, 0.29) is 0 Å². The van der Waals surface area contributed by atoms with E-state index >= 15 is 0 Å². The molecular formula is C12H18N2O2. The van der Waals surface area contributed by atoms with Crippen molar-refractivity contribution in [1.29, 1.82) is 0 Å². The number of benzene rings is 1. The van der Waals surface area contributed by atoms with E-state index < -0.39 is 5.91 Å². The highest BCUT2D eigenvalue weighted by atomic mass is 16.5. The van der Waals surface area contributed by atoms with Gasteiger partial charge in [0.15, 0.2) is 0 Å². The number of rotatable bonds is 6. The molecule has 0 radical (unpaired) electrons.